The summed E-state index contributed by atoms with van der Waals surface area (Å²) in [5, 5.41) is 2.31. The number of hydrazine groups is 1. The van der Waals surface area contributed by atoms with E-state index in [2.05, 4.69) is 54.6 Å². The molecule has 0 aliphatic carbocycles. The van der Waals surface area contributed by atoms with Gasteiger partial charge in [-0.15, -0.1) is 0 Å². The molecule has 1 N–H and O–H groups in total. The molecule has 0 bridgehead atoms. The first-order valence-corrected chi connectivity index (χ1v) is 5.38. The molecule has 14 heavy (non-hydrogen) atoms. The maximum absolute atomic E-state index is 3.43. The molecule has 2 unspecified atom stereocenters. The molecule has 1 aliphatic rings. The van der Waals surface area contributed by atoms with Crippen LogP contribution in [-0.2, 0) is 5.66 Å². The van der Waals surface area contributed by atoms with E-state index in [4.69, 9.17) is 0 Å². The van der Waals surface area contributed by atoms with Crippen LogP contribution in [-0.4, -0.2) is 11.6 Å². The first kappa shape index (κ1) is 9.69. The monoisotopic (exact) mass is 190 g/mol. The Bertz CT molecular complexity index is 296. The minimum atomic E-state index is 0.0937. The first-order chi connectivity index (χ1) is 6.77. The molecule has 0 radical (unpaired) electrons. The lowest BCUT2D eigenvalue weighted by Gasteiger charge is -2.08. The molecule has 0 amide bonds. The topological polar surface area (TPSA) is 25.0 Å². The summed E-state index contributed by atoms with van der Waals surface area (Å²) in [7, 11) is 0. The largest absolute Gasteiger partial charge is 0.228 e. The first-order valence-electron chi connectivity index (χ1n) is 5.38. The summed E-state index contributed by atoms with van der Waals surface area (Å²) in [6, 6.07) is 10.6. The molecule has 1 aliphatic heterocycles. The third kappa shape index (κ3) is 1.68. The van der Waals surface area contributed by atoms with Gasteiger partial charge in [-0.2, -0.15) is 0 Å². The van der Waals surface area contributed by atoms with E-state index in [1.807, 2.05) is 0 Å². The average molecular weight is 190 g/mol. The number of hydrogen-bond acceptors (Lipinski definition) is 2. The molecule has 1 saturated heterocycles. The van der Waals surface area contributed by atoms with Gasteiger partial charge < -0.3 is 0 Å². The van der Waals surface area contributed by atoms with E-state index in [0.717, 1.165) is 6.54 Å². The lowest BCUT2D eigenvalue weighted by molar-refractivity contribution is 0.414. The summed E-state index contributed by atoms with van der Waals surface area (Å²) >= 11 is 0. The van der Waals surface area contributed by atoms with Crippen LogP contribution in [0.25, 0.3) is 0 Å². The van der Waals surface area contributed by atoms with Crippen LogP contribution in [0.5, 0.6) is 0 Å². The number of hydrogen-bond donors (Lipinski definition) is 1. The zero-order valence-electron chi connectivity index (χ0n) is 8.96. The highest BCUT2D eigenvalue weighted by Gasteiger charge is 2.47. The SMILES string of the molecule is CCCCN1NC1(C)c1ccccc1. The summed E-state index contributed by atoms with van der Waals surface area (Å²) in [6.07, 6.45) is 2.51. The van der Waals surface area contributed by atoms with Crippen molar-refractivity contribution in [2.45, 2.75) is 32.4 Å². The Morgan fingerprint density at radius 1 is 1.29 bits per heavy atom. The second kappa shape index (κ2) is 3.71. The molecule has 2 rings (SSSR count). The fourth-order valence-electron chi connectivity index (χ4n) is 1.82. The summed E-state index contributed by atoms with van der Waals surface area (Å²) < 4.78 is 0. The van der Waals surface area contributed by atoms with Crippen LogP contribution in [0.4, 0.5) is 0 Å². The van der Waals surface area contributed by atoms with Crippen molar-refractivity contribution in [3.8, 4) is 0 Å². The molecule has 76 valence electrons. The third-order valence-corrected chi connectivity index (χ3v) is 2.91. The third-order valence-electron chi connectivity index (χ3n) is 2.91. The molecule has 1 heterocycles. The number of nitrogens with one attached hydrogen (secondary N) is 1. The predicted molar refractivity (Wildman–Crippen MR) is 58.5 cm³/mol. The van der Waals surface area contributed by atoms with Gasteiger partial charge in [0.25, 0.3) is 0 Å². The molecular weight excluding hydrogens is 172 g/mol. The van der Waals surface area contributed by atoms with E-state index >= 15 is 0 Å². The molecule has 1 aromatic carbocycles. The van der Waals surface area contributed by atoms with Crippen LogP contribution in [0, 0.1) is 0 Å². The highest BCUT2D eigenvalue weighted by Crippen LogP contribution is 2.35. The van der Waals surface area contributed by atoms with Gasteiger partial charge in [0.2, 0.25) is 0 Å². The molecule has 0 aromatic heterocycles. The fourth-order valence-corrected chi connectivity index (χ4v) is 1.82. The van der Waals surface area contributed by atoms with Crippen LogP contribution >= 0.6 is 0 Å². The van der Waals surface area contributed by atoms with Gasteiger partial charge in [0.1, 0.15) is 5.66 Å². The number of benzene rings is 1. The van der Waals surface area contributed by atoms with Crippen molar-refractivity contribution in [1.29, 1.82) is 0 Å². The van der Waals surface area contributed by atoms with Crippen LogP contribution < -0.4 is 5.43 Å². The molecule has 0 saturated carbocycles. The van der Waals surface area contributed by atoms with Gasteiger partial charge in [-0.1, -0.05) is 43.7 Å². The Balaban J connectivity index is 2.00. The Hall–Kier alpha value is -0.860. The quantitative estimate of drug-likeness (QED) is 0.738. The molecular formula is C12H18N2. The number of nitrogens with zero attached hydrogens (tertiary/aromatic N) is 1. The standard InChI is InChI=1S/C12H18N2/c1-3-4-10-14-12(2,13-14)11-8-6-5-7-9-11/h5-9,13H,3-4,10H2,1-2H3. The Morgan fingerprint density at radius 2 is 2.00 bits per heavy atom. The van der Waals surface area contributed by atoms with E-state index in [1.165, 1.54) is 18.4 Å². The van der Waals surface area contributed by atoms with Crippen molar-refractivity contribution >= 4 is 0 Å². The molecule has 0 spiro atoms. The zero-order chi connectivity index (χ0) is 10.0. The van der Waals surface area contributed by atoms with E-state index in [1.54, 1.807) is 0 Å². The highest BCUT2D eigenvalue weighted by molar-refractivity contribution is 5.26. The maximum Gasteiger partial charge on any atom is 0.120 e. The lowest BCUT2D eigenvalue weighted by Crippen LogP contribution is -2.13. The van der Waals surface area contributed by atoms with Crippen LogP contribution in [0.2, 0.25) is 0 Å². The van der Waals surface area contributed by atoms with Crippen LogP contribution in [0.1, 0.15) is 32.3 Å². The maximum atomic E-state index is 3.43. The molecule has 1 fully saturated rings. The average Bonchev–Trinajstić information content (AvgIpc) is 2.90. The van der Waals surface area contributed by atoms with Gasteiger partial charge in [0, 0.05) is 6.54 Å². The Morgan fingerprint density at radius 3 is 2.64 bits per heavy atom. The van der Waals surface area contributed by atoms with E-state index in [9.17, 15) is 0 Å². The number of unbranched alkanes of at least 4 members (excludes halogenated alkanes) is 1. The molecule has 2 heteroatoms. The summed E-state index contributed by atoms with van der Waals surface area (Å²) in [6.45, 7) is 5.60. The van der Waals surface area contributed by atoms with Gasteiger partial charge in [-0.25, -0.2) is 10.4 Å². The summed E-state index contributed by atoms with van der Waals surface area (Å²) in [4.78, 5) is 0. The molecule has 2 atom stereocenters. The van der Waals surface area contributed by atoms with E-state index in [-0.39, 0.29) is 5.66 Å². The zero-order valence-corrected chi connectivity index (χ0v) is 8.96. The second-order valence-corrected chi connectivity index (χ2v) is 4.06. The summed E-state index contributed by atoms with van der Waals surface area (Å²) in [5.41, 5.74) is 4.88. The van der Waals surface area contributed by atoms with Gasteiger partial charge >= 0.3 is 0 Å². The minimum Gasteiger partial charge on any atom is -0.228 e. The van der Waals surface area contributed by atoms with Gasteiger partial charge in [0.05, 0.1) is 0 Å². The highest BCUT2D eigenvalue weighted by atomic mass is 15.8. The Labute approximate surface area is 85.9 Å². The summed E-state index contributed by atoms with van der Waals surface area (Å²) in [5.74, 6) is 0. The lowest BCUT2D eigenvalue weighted by atomic mass is 10.1. The van der Waals surface area contributed by atoms with Gasteiger partial charge in [-0.05, 0) is 18.9 Å². The fraction of sp³-hybridized carbons (Fsp3) is 0.500. The molecule has 2 nitrogen and oxygen atoms in total. The van der Waals surface area contributed by atoms with Crippen LogP contribution in [0.15, 0.2) is 30.3 Å². The van der Waals surface area contributed by atoms with Gasteiger partial charge in [-0.3, -0.25) is 0 Å². The van der Waals surface area contributed by atoms with Crippen molar-refractivity contribution < 1.29 is 0 Å². The smallest absolute Gasteiger partial charge is 0.120 e. The van der Waals surface area contributed by atoms with E-state index < -0.39 is 0 Å². The van der Waals surface area contributed by atoms with Crippen molar-refractivity contribution in [3.05, 3.63) is 35.9 Å². The van der Waals surface area contributed by atoms with Crippen molar-refractivity contribution in [2.24, 2.45) is 0 Å². The number of rotatable bonds is 4. The minimum absolute atomic E-state index is 0.0937. The van der Waals surface area contributed by atoms with Crippen molar-refractivity contribution in [2.75, 3.05) is 6.54 Å². The van der Waals surface area contributed by atoms with Gasteiger partial charge in [0.15, 0.2) is 0 Å². The van der Waals surface area contributed by atoms with Crippen molar-refractivity contribution in [1.82, 2.24) is 10.4 Å². The Kier molecular flexibility index (Phi) is 2.57. The van der Waals surface area contributed by atoms with Crippen molar-refractivity contribution in [3.63, 3.8) is 0 Å². The van der Waals surface area contributed by atoms with E-state index in [0.29, 0.717) is 0 Å². The normalized spacial score (nSPS) is 30.3. The second-order valence-electron chi connectivity index (χ2n) is 4.06. The molecule has 1 aromatic rings. The van der Waals surface area contributed by atoms with Crippen LogP contribution in [0.3, 0.4) is 0 Å². The predicted octanol–water partition coefficient (Wildman–Crippen LogP) is 2.48.